The molecule has 0 aromatic carbocycles. The topological polar surface area (TPSA) is 26.7 Å². The van der Waals surface area contributed by atoms with Crippen molar-refractivity contribution in [3.05, 3.63) is 0 Å². The average Bonchev–Trinajstić information content (AvgIpc) is 2.20. The van der Waals surface area contributed by atoms with Crippen LogP contribution in [0.15, 0.2) is 0 Å². The summed E-state index contributed by atoms with van der Waals surface area (Å²) in [5.41, 5.74) is 0. The third-order valence-electron chi connectivity index (χ3n) is 1.70. The van der Waals surface area contributed by atoms with Crippen molar-refractivity contribution in [3.8, 4) is 0 Å². The van der Waals surface area contributed by atoms with E-state index in [0.29, 0.717) is 0 Å². The van der Waals surface area contributed by atoms with Crippen molar-refractivity contribution >= 4 is 0 Å². The van der Waals surface area contributed by atoms with Gasteiger partial charge in [0.05, 0.1) is 0 Å². The molecular weight excluding hydrogens is 140 g/mol. The summed E-state index contributed by atoms with van der Waals surface area (Å²) in [6.07, 6.45) is 1.08. The molecule has 3 heteroatoms. The van der Waals surface area contributed by atoms with E-state index in [0.717, 1.165) is 32.6 Å². The predicted octanol–water partition coefficient (Wildman–Crippen LogP) is 1.04. The Morgan fingerprint density at radius 3 is 2.27 bits per heavy atom. The van der Waals surface area contributed by atoms with Crippen LogP contribution in [0.1, 0.15) is 20.3 Å². The molecule has 1 rings (SSSR count). The molecule has 1 aliphatic rings. The van der Waals surface area contributed by atoms with E-state index in [9.17, 15) is 0 Å². The standard InChI is InChI=1S/C6H14N2O.C2H6/c1-7-3-2-4-8(9)6-5-7;1-2/h9H,2-6H2,1H3;1-2H3. The summed E-state index contributed by atoms with van der Waals surface area (Å²) in [6, 6.07) is 0. The minimum absolute atomic E-state index is 0.788. The Balaban J connectivity index is 0.000000461. The third kappa shape index (κ3) is 5.18. The highest BCUT2D eigenvalue weighted by Crippen LogP contribution is 1.96. The molecule has 0 atom stereocenters. The van der Waals surface area contributed by atoms with E-state index in [-0.39, 0.29) is 0 Å². The van der Waals surface area contributed by atoms with E-state index in [1.54, 1.807) is 0 Å². The number of likely N-dealkylation sites (N-methyl/N-ethyl adjacent to an activating group) is 1. The van der Waals surface area contributed by atoms with Gasteiger partial charge in [-0.05, 0) is 20.0 Å². The lowest BCUT2D eigenvalue weighted by molar-refractivity contribution is -0.0860. The molecule has 0 spiro atoms. The SMILES string of the molecule is CC.CN1CCCN(O)CC1. The zero-order valence-corrected chi connectivity index (χ0v) is 7.88. The van der Waals surface area contributed by atoms with Crippen LogP contribution in [-0.2, 0) is 0 Å². The summed E-state index contributed by atoms with van der Waals surface area (Å²) in [5.74, 6) is 0. The Kier molecular flexibility index (Phi) is 6.51. The molecule has 1 saturated heterocycles. The lowest BCUT2D eigenvalue weighted by Gasteiger charge is -2.11. The van der Waals surface area contributed by atoms with Crippen molar-refractivity contribution < 1.29 is 5.21 Å². The van der Waals surface area contributed by atoms with E-state index in [4.69, 9.17) is 5.21 Å². The molecule has 0 bridgehead atoms. The third-order valence-corrected chi connectivity index (χ3v) is 1.70. The van der Waals surface area contributed by atoms with Gasteiger partial charge in [-0.3, -0.25) is 0 Å². The van der Waals surface area contributed by atoms with Crippen molar-refractivity contribution in [2.24, 2.45) is 0 Å². The molecule has 0 unspecified atom stereocenters. The molecule has 0 radical (unpaired) electrons. The highest BCUT2D eigenvalue weighted by Gasteiger charge is 2.07. The second-order valence-corrected chi connectivity index (χ2v) is 2.61. The lowest BCUT2D eigenvalue weighted by Crippen LogP contribution is -2.25. The molecule has 68 valence electrons. The highest BCUT2D eigenvalue weighted by atomic mass is 16.5. The van der Waals surface area contributed by atoms with Crippen LogP contribution in [0.3, 0.4) is 0 Å². The van der Waals surface area contributed by atoms with Gasteiger partial charge in [0, 0.05) is 19.6 Å². The zero-order valence-electron chi connectivity index (χ0n) is 7.88. The molecule has 0 aromatic rings. The van der Waals surface area contributed by atoms with E-state index in [1.807, 2.05) is 13.8 Å². The van der Waals surface area contributed by atoms with Crippen LogP contribution in [0.4, 0.5) is 0 Å². The van der Waals surface area contributed by atoms with Gasteiger partial charge in [0.2, 0.25) is 0 Å². The maximum absolute atomic E-state index is 9.01. The van der Waals surface area contributed by atoms with Crippen molar-refractivity contribution in [1.29, 1.82) is 0 Å². The fourth-order valence-corrected chi connectivity index (χ4v) is 1.03. The summed E-state index contributed by atoms with van der Waals surface area (Å²) in [4.78, 5) is 2.23. The van der Waals surface area contributed by atoms with Crippen molar-refractivity contribution in [3.63, 3.8) is 0 Å². The monoisotopic (exact) mass is 160 g/mol. The summed E-state index contributed by atoms with van der Waals surface area (Å²) in [6.45, 7) is 7.70. The van der Waals surface area contributed by atoms with Gasteiger partial charge in [0.1, 0.15) is 0 Å². The first-order chi connectivity index (χ1) is 5.29. The van der Waals surface area contributed by atoms with Gasteiger partial charge in [-0.2, -0.15) is 5.06 Å². The largest absolute Gasteiger partial charge is 0.314 e. The van der Waals surface area contributed by atoms with Crippen LogP contribution in [0.25, 0.3) is 0 Å². The maximum atomic E-state index is 9.01. The fourth-order valence-electron chi connectivity index (χ4n) is 1.03. The molecule has 0 aliphatic carbocycles. The Bertz CT molecular complexity index is 78.2. The maximum Gasteiger partial charge on any atom is 0.0365 e. The molecule has 0 aromatic heterocycles. The normalized spacial score (nSPS) is 21.8. The summed E-state index contributed by atoms with van der Waals surface area (Å²) >= 11 is 0. The second kappa shape index (κ2) is 6.58. The molecule has 0 saturated carbocycles. The molecule has 11 heavy (non-hydrogen) atoms. The molecule has 1 N–H and O–H groups in total. The summed E-state index contributed by atoms with van der Waals surface area (Å²) in [7, 11) is 2.08. The van der Waals surface area contributed by atoms with Crippen molar-refractivity contribution in [2.75, 3.05) is 33.2 Å². The van der Waals surface area contributed by atoms with Crippen molar-refractivity contribution in [1.82, 2.24) is 9.96 Å². The molecule has 0 amide bonds. The van der Waals surface area contributed by atoms with Crippen LogP contribution >= 0.6 is 0 Å². The summed E-state index contributed by atoms with van der Waals surface area (Å²) < 4.78 is 0. The quantitative estimate of drug-likeness (QED) is 0.573. The number of hydrogen-bond donors (Lipinski definition) is 1. The Hall–Kier alpha value is -0.120. The van der Waals surface area contributed by atoms with E-state index in [2.05, 4.69) is 11.9 Å². The summed E-state index contributed by atoms with van der Waals surface area (Å²) in [5, 5.41) is 10.4. The lowest BCUT2D eigenvalue weighted by atomic mass is 10.4. The van der Waals surface area contributed by atoms with Gasteiger partial charge >= 0.3 is 0 Å². The fraction of sp³-hybridized carbons (Fsp3) is 1.00. The van der Waals surface area contributed by atoms with Crippen LogP contribution in [0.2, 0.25) is 0 Å². The molecule has 1 fully saturated rings. The Morgan fingerprint density at radius 1 is 1.00 bits per heavy atom. The van der Waals surface area contributed by atoms with Gasteiger partial charge in [-0.1, -0.05) is 13.8 Å². The van der Waals surface area contributed by atoms with Gasteiger partial charge in [0.15, 0.2) is 0 Å². The van der Waals surface area contributed by atoms with Crippen LogP contribution in [-0.4, -0.2) is 48.4 Å². The van der Waals surface area contributed by atoms with Gasteiger partial charge in [0.25, 0.3) is 0 Å². The Labute approximate surface area is 69.6 Å². The van der Waals surface area contributed by atoms with Crippen LogP contribution < -0.4 is 0 Å². The molecule has 1 heterocycles. The number of rotatable bonds is 0. The van der Waals surface area contributed by atoms with E-state index in [1.165, 1.54) is 5.06 Å². The van der Waals surface area contributed by atoms with Crippen molar-refractivity contribution in [2.45, 2.75) is 20.3 Å². The number of hydrogen-bond acceptors (Lipinski definition) is 3. The van der Waals surface area contributed by atoms with E-state index >= 15 is 0 Å². The Morgan fingerprint density at radius 2 is 1.64 bits per heavy atom. The van der Waals surface area contributed by atoms with Crippen LogP contribution in [0.5, 0.6) is 0 Å². The minimum atomic E-state index is 0.788. The molecule has 3 nitrogen and oxygen atoms in total. The van der Waals surface area contributed by atoms with Gasteiger partial charge < -0.3 is 10.1 Å². The first-order valence-corrected chi connectivity index (χ1v) is 4.41. The number of nitrogens with zero attached hydrogens (tertiary/aromatic N) is 2. The van der Waals surface area contributed by atoms with Crippen LogP contribution in [0, 0.1) is 0 Å². The smallest absolute Gasteiger partial charge is 0.0365 e. The predicted molar refractivity (Wildman–Crippen MR) is 46.8 cm³/mol. The minimum Gasteiger partial charge on any atom is -0.314 e. The van der Waals surface area contributed by atoms with E-state index < -0.39 is 0 Å². The zero-order chi connectivity index (χ0) is 8.69. The highest BCUT2D eigenvalue weighted by molar-refractivity contribution is 4.60. The van der Waals surface area contributed by atoms with Gasteiger partial charge in [-0.25, -0.2) is 0 Å². The molecular formula is C8H20N2O. The number of hydroxylamine groups is 2. The second-order valence-electron chi connectivity index (χ2n) is 2.61. The first-order valence-electron chi connectivity index (χ1n) is 4.41. The first kappa shape index (κ1) is 10.9. The van der Waals surface area contributed by atoms with Gasteiger partial charge in [-0.15, -0.1) is 0 Å². The molecule has 1 aliphatic heterocycles. The average molecular weight is 160 g/mol.